The van der Waals surface area contributed by atoms with Crippen LogP contribution in [0.3, 0.4) is 0 Å². The number of nitrogens with zero attached hydrogens (tertiary/aromatic N) is 2. The molecule has 1 fully saturated rings. The molecule has 0 spiro atoms. The molecule has 2 heterocycles. The van der Waals surface area contributed by atoms with Gasteiger partial charge in [-0.05, 0) is 42.5 Å². The molecule has 2 N–H and O–H groups in total. The van der Waals surface area contributed by atoms with E-state index in [-0.39, 0.29) is 17.9 Å². The molecule has 2 unspecified atom stereocenters. The Labute approximate surface area is 176 Å². The lowest BCUT2D eigenvalue weighted by atomic mass is 9.92. The summed E-state index contributed by atoms with van der Waals surface area (Å²) in [7, 11) is 0. The number of aromatic amines is 1. The minimum atomic E-state index is -0.0522. The van der Waals surface area contributed by atoms with Gasteiger partial charge < -0.3 is 10.1 Å². The number of anilines is 1. The van der Waals surface area contributed by atoms with Crippen LogP contribution in [0, 0.1) is 23.2 Å². The highest BCUT2D eigenvalue weighted by Crippen LogP contribution is 2.38. The number of nitriles is 1. The van der Waals surface area contributed by atoms with Gasteiger partial charge in [0.15, 0.2) is 0 Å². The van der Waals surface area contributed by atoms with Crippen molar-refractivity contribution in [3.63, 3.8) is 0 Å². The summed E-state index contributed by atoms with van der Waals surface area (Å²) < 4.78 is 6.03. The van der Waals surface area contributed by atoms with Crippen molar-refractivity contribution in [2.75, 3.05) is 11.9 Å². The first kappa shape index (κ1) is 20.1. The van der Waals surface area contributed by atoms with Crippen molar-refractivity contribution >= 4 is 22.5 Å². The van der Waals surface area contributed by atoms with Gasteiger partial charge >= 0.3 is 0 Å². The van der Waals surface area contributed by atoms with Crippen molar-refractivity contribution in [2.45, 2.75) is 39.2 Å². The van der Waals surface area contributed by atoms with Gasteiger partial charge in [-0.2, -0.15) is 10.4 Å². The van der Waals surface area contributed by atoms with Crippen molar-refractivity contribution in [3.05, 3.63) is 48.0 Å². The molecular weight excluding hydrogens is 376 g/mol. The molecular formula is C24H26N4O2. The Kier molecular flexibility index (Phi) is 5.82. The normalized spacial score (nSPS) is 19.0. The lowest BCUT2D eigenvalue weighted by molar-refractivity contribution is -0.116. The lowest BCUT2D eigenvalue weighted by Gasteiger charge is -2.26. The Bertz CT molecular complexity index is 1090. The van der Waals surface area contributed by atoms with E-state index in [1.165, 1.54) is 0 Å². The monoisotopic (exact) mass is 402 g/mol. The van der Waals surface area contributed by atoms with Crippen LogP contribution in [0.25, 0.3) is 22.2 Å². The fourth-order valence-corrected chi connectivity index (χ4v) is 4.00. The van der Waals surface area contributed by atoms with E-state index >= 15 is 0 Å². The molecule has 1 aliphatic heterocycles. The summed E-state index contributed by atoms with van der Waals surface area (Å²) in [6.45, 7) is 4.52. The second-order valence-corrected chi connectivity index (χ2v) is 8.29. The van der Waals surface area contributed by atoms with Gasteiger partial charge in [0.25, 0.3) is 0 Å². The standard InChI is InChI=1S/C24H26N4O2/c1-15(2)11-22(29)26-18-6-3-5-17(12-18)24-23-19(7-4-8-20(23)27-28-24)21-10-9-16(13-25)14-30-21/h3-8,12,15-16,21H,9-11,14H2,1-2H3,(H,26,29)(H,27,28). The number of benzene rings is 2. The zero-order chi connectivity index (χ0) is 21.1. The van der Waals surface area contributed by atoms with Crippen LogP contribution in [0.15, 0.2) is 42.5 Å². The number of H-pyrrole nitrogens is 1. The van der Waals surface area contributed by atoms with Gasteiger partial charge in [-0.3, -0.25) is 9.89 Å². The zero-order valence-corrected chi connectivity index (χ0v) is 17.3. The number of hydrogen-bond donors (Lipinski definition) is 2. The third-order valence-corrected chi connectivity index (χ3v) is 5.44. The summed E-state index contributed by atoms with van der Waals surface area (Å²) in [5.41, 5.74) is 4.57. The number of rotatable bonds is 5. The van der Waals surface area contributed by atoms with Crippen LogP contribution in [0.5, 0.6) is 0 Å². The van der Waals surface area contributed by atoms with E-state index in [0.29, 0.717) is 18.9 Å². The average Bonchev–Trinajstić information content (AvgIpc) is 3.18. The molecule has 1 aliphatic rings. The van der Waals surface area contributed by atoms with Crippen LogP contribution >= 0.6 is 0 Å². The predicted octanol–water partition coefficient (Wildman–Crippen LogP) is 5.21. The molecule has 4 rings (SSSR count). The predicted molar refractivity (Wildman–Crippen MR) is 117 cm³/mol. The Morgan fingerprint density at radius 1 is 1.30 bits per heavy atom. The molecule has 0 aliphatic carbocycles. The number of aromatic nitrogens is 2. The van der Waals surface area contributed by atoms with E-state index in [1.807, 2.05) is 50.2 Å². The Morgan fingerprint density at radius 2 is 2.13 bits per heavy atom. The zero-order valence-electron chi connectivity index (χ0n) is 17.3. The van der Waals surface area contributed by atoms with Gasteiger partial charge in [-0.15, -0.1) is 0 Å². The first-order valence-corrected chi connectivity index (χ1v) is 10.4. The van der Waals surface area contributed by atoms with Crippen LogP contribution in [-0.4, -0.2) is 22.7 Å². The number of hydrogen-bond acceptors (Lipinski definition) is 4. The molecule has 154 valence electrons. The highest BCUT2D eigenvalue weighted by Gasteiger charge is 2.26. The van der Waals surface area contributed by atoms with E-state index in [2.05, 4.69) is 27.6 Å². The fraction of sp³-hybridized carbons (Fsp3) is 0.375. The maximum Gasteiger partial charge on any atom is 0.224 e. The molecule has 3 aromatic rings. The van der Waals surface area contributed by atoms with Gasteiger partial charge in [-0.1, -0.05) is 38.1 Å². The molecule has 0 bridgehead atoms. The molecule has 0 radical (unpaired) electrons. The lowest BCUT2D eigenvalue weighted by Crippen LogP contribution is -2.19. The van der Waals surface area contributed by atoms with Gasteiger partial charge in [0, 0.05) is 23.1 Å². The smallest absolute Gasteiger partial charge is 0.224 e. The largest absolute Gasteiger partial charge is 0.372 e. The highest BCUT2D eigenvalue weighted by molar-refractivity contribution is 5.97. The minimum absolute atomic E-state index is 0.0115. The van der Waals surface area contributed by atoms with E-state index < -0.39 is 0 Å². The Balaban J connectivity index is 1.66. The van der Waals surface area contributed by atoms with Crippen LogP contribution in [0.2, 0.25) is 0 Å². The van der Waals surface area contributed by atoms with Crippen LogP contribution in [0.1, 0.15) is 44.8 Å². The maximum atomic E-state index is 12.2. The second kappa shape index (κ2) is 8.68. The summed E-state index contributed by atoms with van der Waals surface area (Å²) in [6, 6.07) is 16.2. The van der Waals surface area contributed by atoms with Gasteiger partial charge in [0.2, 0.25) is 5.91 Å². The SMILES string of the molecule is CC(C)CC(=O)Nc1cccc(-c2n[nH]c3cccc(C4CCC(C#N)CO4)c23)c1. The third-order valence-electron chi connectivity index (χ3n) is 5.44. The van der Waals surface area contributed by atoms with Crippen LogP contribution < -0.4 is 5.32 Å². The molecule has 2 aromatic carbocycles. The average molecular weight is 402 g/mol. The number of ether oxygens (including phenoxy) is 1. The van der Waals surface area contributed by atoms with Crippen LogP contribution in [-0.2, 0) is 9.53 Å². The number of fused-ring (bicyclic) bond motifs is 1. The molecule has 6 nitrogen and oxygen atoms in total. The van der Waals surface area contributed by atoms with Crippen LogP contribution in [0.4, 0.5) is 5.69 Å². The summed E-state index contributed by atoms with van der Waals surface area (Å²) >= 11 is 0. The summed E-state index contributed by atoms with van der Waals surface area (Å²) in [5, 5.41) is 20.9. The van der Waals surface area contributed by atoms with E-state index in [4.69, 9.17) is 10.00 Å². The maximum absolute atomic E-state index is 12.2. The van der Waals surface area contributed by atoms with Crippen molar-refractivity contribution in [1.82, 2.24) is 10.2 Å². The van der Waals surface area contributed by atoms with Gasteiger partial charge in [-0.25, -0.2) is 0 Å². The topological polar surface area (TPSA) is 90.8 Å². The molecule has 1 saturated heterocycles. The van der Waals surface area contributed by atoms with E-state index in [1.54, 1.807) is 0 Å². The van der Waals surface area contributed by atoms with Gasteiger partial charge in [0.05, 0.1) is 30.2 Å². The first-order chi connectivity index (χ1) is 14.5. The third kappa shape index (κ3) is 4.22. The van der Waals surface area contributed by atoms with E-state index in [9.17, 15) is 4.79 Å². The molecule has 30 heavy (non-hydrogen) atoms. The van der Waals surface area contributed by atoms with Gasteiger partial charge in [0.1, 0.15) is 5.69 Å². The van der Waals surface area contributed by atoms with E-state index in [0.717, 1.165) is 46.3 Å². The molecule has 2 atom stereocenters. The number of nitrogens with one attached hydrogen (secondary N) is 2. The number of carbonyl (C=O) groups is 1. The molecule has 1 amide bonds. The minimum Gasteiger partial charge on any atom is -0.372 e. The second-order valence-electron chi connectivity index (χ2n) is 8.29. The first-order valence-electron chi connectivity index (χ1n) is 10.4. The van der Waals surface area contributed by atoms with Crippen molar-refractivity contribution < 1.29 is 9.53 Å². The molecule has 6 heteroatoms. The Morgan fingerprint density at radius 3 is 2.87 bits per heavy atom. The molecule has 0 saturated carbocycles. The molecule has 1 aromatic heterocycles. The number of carbonyl (C=O) groups excluding carboxylic acids is 1. The summed E-state index contributed by atoms with van der Waals surface area (Å²) in [5.74, 6) is 0.287. The van der Waals surface area contributed by atoms with Crippen molar-refractivity contribution in [1.29, 1.82) is 5.26 Å². The van der Waals surface area contributed by atoms with Crippen molar-refractivity contribution in [2.24, 2.45) is 11.8 Å². The van der Waals surface area contributed by atoms with Crippen molar-refractivity contribution in [3.8, 4) is 17.3 Å². The Hall–Kier alpha value is -3.17. The highest BCUT2D eigenvalue weighted by atomic mass is 16.5. The summed E-state index contributed by atoms with van der Waals surface area (Å²) in [4.78, 5) is 12.2. The quantitative estimate of drug-likeness (QED) is 0.613. The number of amides is 1. The summed E-state index contributed by atoms with van der Waals surface area (Å²) in [6.07, 6.45) is 2.08. The fourth-order valence-electron chi connectivity index (χ4n) is 4.00.